The first kappa shape index (κ1) is 13.5. The fourth-order valence-electron chi connectivity index (χ4n) is 1.33. The Bertz CT molecular complexity index is 454. The molecule has 0 aromatic heterocycles. The number of halogens is 1. The largest absolute Gasteiger partial charge is 0.330 e. The third kappa shape index (κ3) is 3.74. The van der Waals surface area contributed by atoms with Gasteiger partial charge >= 0.3 is 0 Å². The quantitative estimate of drug-likeness (QED) is 0.860. The molecule has 0 fully saturated rings. The van der Waals surface area contributed by atoms with Gasteiger partial charge < -0.3 is 11.1 Å². The molecule has 4 nitrogen and oxygen atoms in total. The molecule has 1 amide bonds. The molecular weight excluding hydrogens is 238 g/mol. The summed E-state index contributed by atoms with van der Waals surface area (Å²) in [5, 5.41) is 11.9. The maximum Gasteiger partial charge on any atom is 0.227 e. The number of rotatable bonds is 4. The highest BCUT2D eigenvalue weighted by atomic mass is 35.5. The molecule has 1 atom stereocenters. The van der Waals surface area contributed by atoms with Crippen molar-refractivity contribution in [3.05, 3.63) is 28.8 Å². The maximum absolute atomic E-state index is 11.7. The molecule has 1 unspecified atom stereocenters. The Morgan fingerprint density at radius 2 is 2.35 bits per heavy atom. The van der Waals surface area contributed by atoms with Gasteiger partial charge in [0.05, 0.1) is 22.3 Å². The third-order valence-electron chi connectivity index (χ3n) is 2.40. The van der Waals surface area contributed by atoms with E-state index in [-0.39, 0.29) is 11.8 Å². The molecule has 0 bridgehead atoms. The Labute approximate surface area is 105 Å². The average Bonchev–Trinajstić information content (AvgIpc) is 2.32. The van der Waals surface area contributed by atoms with Crippen LogP contribution < -0.4 is 11.1 Å². The summed E-state index contributed by atoms with van der Waals surface area (Å²) in [5.41, 5.74) is 6.30. The number of carbonyl (C=O) groups is 1. The van der Waals surface area contributed by atoms with Gasteiger partial charge in [-0.3, -0.25) is 4.79 Å². The van der Waals surface area contributed by atoms with E-state index in [1.165, 1.54) is 0 Å². The Morgan fingerprint density at radius 3 is 2.94 bits per heavy atom. The van der Waals surface area contributed by atoms with E-state index in [4.69, 9.17) is 22.6 Å². The molecule has 0 aliphatic heterocycles. The van der Waals surface area contributed by atoms with Crippen LogP contribution in [0.15, 0.2) is 18.2 Å². The summed E-state index contributed by atoms with van der Waals surface area (Å²) in [4.78, 5) is 11.7. The van der Waals surface area contributed by atoms with Gasteiger partial charge in [-0.1, -0.05) is 18.5 Å². The van der Waals surface area contributed by atoms with Gasteiger partial charge in [-0.25, -0.2) is 0 Å². The van der Waals surface area contributed by atoms with Gasteiger partial charge in [0.25, 0.3) is 0 Å². The highest BCUT2D eigenvalue weighted by Gasteiger charge is 2.13. The predicted molar refractivity (Wildman–Crippen MR) is 67.6 cm³/mol. The van der Waals surface area contributed by atoms with E-state index in [1.54, 1.807) is 25.1 Å². The number of nitrogens with one attached hydrogen (secondary N) is 1. The minimum Gasteiger partial charge on any atom is -0.330 e. The molecule has 0 aliphatic carbocycles. The molecule has 90 valence electrons. The number of nitrogens with two attached hydrogens (primary N) is 1. The molecule has 0 aliphatic rings. The van der Waals surface area contributed by atoms with E-state index in [0.717, 1.165) is 0 Å². The molecule has 1 aromatic carbocycles. The van der Waals surface area contributed by atoms with Crippen molar-refractivity contribution in [3.8, 4) is 6.07 Å². The van der Waals surface area contributed by atoms with Crippen LogP contribution in [0.5, 0.6) is 0 Å². The smallest absolute Gasteiger partial charge is 0.227 e. The van der Waals surface area contributed by atoms with Gasteiger partial charge in [0.15, 0.2) is 0 Å². The standard InChI is InChI=1S/C12H14ClN3O/c1-8(4-5-14)12(17)16-11-6-9(7-15)2-3-10(11)13/h2-3,6,8H,4-5,14H2,1H3,(H,16,17). The topological polar surface area (TPSA) is 78.9 Å². The highest BCUT2D eigenvalue weighted by molar-refractivity contribution is 6.33. The Morgan fingerprint density at radius 1 is 1.65 bits per heavy atom. The Hall–Kier alpha value is -1.57. The van der Waals surface area contributed by atoms with Crippen molar-refractivity contribution < 1.29 is 4.79 Å². The zero-order chi connectivity index (χ0) is 12.8. The number of amides is 1. The Balaban J connectivity index is 2.81. The van der Waals surface area contributed by atoms with Crippen LogP contribution in [-0.4, -0.2) is 12.5 Å². The summed E-state index contributed by atoms with van der Waals surface area (Å²) in [6.45, 7) is 2.25. The molecule has 5 heteroatoms. The van der Waals surface area contributed by atoms with Crippen molar-refractivity contribution in [1.29, 1.82) is 5.26 Å². The van der Waals surface area contributed by atoms with Crippen LogP contribution in [0.3, 0.4) is 0 Å². The highest BCUT2D eigenvalue weighted by Crippen LogP contribution is 2.23. The summed E-state index contributed by atoms with van der Waals surface area (Å²) in [7, 11) is 0. The first-order chi connectivity index (χ1) is 8.08. The van der Waals surface area contributed by atoms with Crippen molar-refractivity contribution in [1.82, 2.24) is 0 Å². The second-order valence-corrected chi connectivity index (χ2v) is 4.18. The molecule has 1 rings (SSSR count). The van der Waals surface area contributed by atoms with Crippen molar-refractivity contribution in [3.63, 3.8) is 0 Å². The van der Waals surface area contributed by atoms with E-state index in [9.17, 15) is 4.79 Å². The van der Waals surface area contributed by atoms with E-state index in [1.807, 2.05) is 6.07 Å². The van der Waals surface area contributed by atoms with Gasteiger partial charge in [-0.05, 0) is 31.2 Å². The fourth-order valence-corrected chi connectivity index (χ4v) is 1.49. The predicted octanol–water partition coefficient (Wildman–Crippen LogP) is 2.14. The summed E-state index contributed by atoms with van der Waals surface area (Å²) in [5.74, 6) is -0.325. The lowest BCUT2D eigenvalue weighted by molar-refractivity contribution is -0.119. The molecule has 0 saturated carbocycles. The first-order valence-corrected chi connectivity index (χ1v) is 5.67. The van der Waals surface area contributed by atoms with Gasteiger partial charge in [0.2, 0.25) is 5.91 Å². The number of nitriles is 1. The fraction of sp³-hybridized carbons (Fsp3) is 0.333. The zero-order valence-corrected chi connectivity index (χ0v) is 10.3. The maximum atomic E-state index is 11.7. The molecule has 0 radical (unpaired) electrons. The minimum absolute atomic E-state index is 0.146. The summed E-state index contributed by atoms with van der Waals surface area (Å²) < 4.78 is 0. The second kappa shape index (κ2) is 6.24. The lowest BCUT2D eigenvalue weighted by Gasteiger charge is -2.12. The van der Waals surface area contributed by atoms with Crippen molar-refractivity contribution in [2.45, 2.75) is 13.3 Å². The second-order valence-electron chi connectivity index (χ2n) is 3.77. The van der Waals surface area contributed by atoms with Crippen LogP contribution in [0.1, 0.15) is 18.9 Å². The molecule has 1 aromatic rings. The molecule has 0 spiro atoms. The number of hydrogen-bond donors (Lipinski definition) is 2. The minimum atomic E-state index is -0.179. The van der Waals surface area contributed by atoms with E-state index < -0.39 is 0 Å². The van der Waals surface area contributed by atoms with Gasteiger partial charge in [0, 0.05) is 5.92 Å². The number of carbonyl (C=O) groups excluding carboxylic acids is 1. The van der Waals surface area contributed by atoms with Crippen LogP contribution in [0.2, 0.25) is 5.02 Å². The monoisotopic (exact) mass is 251 g/mol. The normalized spacial score (nSPS) is 11.6. The van der Waals surface area contributed by atoms with Crippen LogP contribution in [-0.2, 0) is 4.79 Å². The molecular formula is C12H14ClN3O. The molecule has 0 saturated heterocycles. The van der Waals surface area contributed by atoms with E-state index >= 15 is 0 Å². The molecule has 17 heavy (non-hydrogen) atoms. The van der Waals surface area contributed by atoms with Crippen LogP contribution in [0, 0.1) is 17.2 Å². The van der Waals surface area contributed by atoms with Crippen LogP contribution in [0.25, 0.3) is 0 Å². The lowest BCUT2D eigenvalue weighted by Crippen LogP contribution is -2.22. The molecule has 3 N–H and O–H groups in total. The van der Waals surface area contributed by atoms with Crippen LogP contribution >= 0.6 is 11.6 Å². The zero-order valence-electron chi connectivity index (χ0n) is 9.53. The first-order valence-electron chi connectivity index (χ1n) is 5.29. The third-order valence-corrected chi connectivity index (χ3v) is 2.73. The lowest BCUT2D eigenvalue weighted by atomic mass is 10.1. The van der Waals surface area contributed by atoms with Crippen LogP contribution in [0.4, 0.5) is 5.69 Å². The average molecular weight is 252 g/mol. The van der Waals surface area contributed by atoms with Gasteiger partial charge in [0.1, 0.15) is 0 Å². The number of benzene rings is 1. The van der Waals surface area contributed by atoms with Gasteiger partial charge in [-0.15, -0.1) is 0 Å². The van der Waals surface area contributed by atoms with Crippen molar-refractivity contribution >= 4 is 23.2 Å². The SMILES string of the molecule is CC(CCN)C(=O)Nc1cc(C#N)ccc1Cl. The Kier molecular flexibility index (Phi) is 4.95. The summed E-state index contributed by atoms with van der Waals surface area (Å²) in [6, 6.07) is 6.73. The molecule has 0 heterocycles. The van der Waals surface area contributed by atoms with Gasteiger partial charge in [-0.2, -0.15) is 5.26 Å². The van der Waals surface area contributed by atoms with Crippen molar-refractivity contribution in [2.75, 3.05) is 11.9 Å². The van der Waals surface area contributed by atoms with Crippen molar-refractivity contribution in [2.24, 2.45) is 11.7 Å². The van der Waals surface area contributed by atoms with E-state index in [2.05, 4.69) is 5.32 Å². The summed E-state index contributed by atoms with van der Waals surface area (Å²) in [6.07, 6.45) is 0.612. The number of nitrogens with zero attached hydrogens (tertiary/aromatic N) is 1. The number of hydrogen-bond acceptors (Lipinski definition) is 3. The number of anilines is 1. The van der Waals surface area contributed by atoms with E-state index in [0.29, 0.717) is 29.2 Å². The summed E-state index contributed by atoms with van der Waals surface area (Å²) >= 11 is 5.93.